The first kappa shape index (κ1) is 18.9. The number of piperazine rings is 1. The van der Waals surface area contributed by atoms with Gasteiger partial charge in [0.05, 0.1) is 11.5 Å². The van der Waals surface area contributed by atoms with E-state index in [1.165, 1.54) is 16.0 Å². The molecule has 0 aliphatic carbocycles. The lowest BCUT2D eigenvalue weighted by molar-refractivity contribution is 0.0633. The van der Waals surface area contributed by atoms with Crippen molar-refractivity contribution in [2.45, 2.75) is 33.7 Å². The van der Waals surface area contributed by atoms with Gasteiger partial charge in [-0.2, -0.15) is 0 Å². The van der Waals surface area contributed by atoms with Crippen LogP contribution in [0.5, 0.6) is 5.75 Å². The quantitative estimate of drug-likeness (QED) is 0.769. The van der Waals surface area contributed by atoms with Crippen molar-refractivity contribution in [2.75, 3.05) is 32.8 Å². The Balaban J connectivity index is 1.52. The second kappa shape index (κ2) is 8.69. The van der Waals surface area contributed by atoms with Crippen molar-refractivity contribution in [1.82, 2.24) is 9.80 Å². The van der Waals surface area contributed by atoms with E-state index in [0.717, 1.165) is 49.8 Å². The van der Waals surface area contributed by atoms with Crippen LogP contribution in [0.2, 0.25) is 0 Å². The van der Waals surface area contributed by atoms with E-state index in [1.54, 1.807) is 11.3 Å². The van der Waals surface area contributed by atoms with E-state index in [4.69, 9.17) is 4.74 Å². The van der Waals surface area contributed by atoms with Crippen molar-refractivity contribution < 1.29 is 9.53 Å². The lowest BCUT2D eigenvalue weighted by Crippen LogP contribution is -2.48. The molecule has 1 aliphatic rings. The van der Waals surface area contributed by atoms with Crippen LogP contribution < -0.4 is 4.74 Å². The zero-order valence-corrected chi connectivity index (χ0v) is 16.8. The van der Waals surface area contributed by atoms with Crippen LogP contribution in [0.3, 0.4) is 0 Å². The van der Waals surface area contributed by atoms with Crippen molar-refractivity contribution in [2.24, 2.45) is 0 Å². The highest BCUT2D eigenvalue weighted by Gasteiger charge is 2.23. The molecule has 1 aliphatic heterocycles. The number of thiophene rings is 1. The number of ether oxygens (including phenoxy) is 1. The molecule has 140 valence electrons. The van der Waals surface area contributed by atoms with Gasteiger partial charge >= 0.3 is 0 Å². The SMILES string of the molecule is CCOc1ccc(CN2CCN(C(=O)c3cc(C)c(CC)s3)CC2)cc1. The highest BCUT2D eigenvalue weighted by Crippen LogP contribution is 2.24. The number of hydrogen-bond acceptors (Lipinski definition) is 4. The average Bonchev–Trinajstić information content (AvgIpc) is 3.04. The standard InChI is InChI=1S/C21H28N2O2S/c1-4-19-16(3)14-20(26-19)21(24)23-12-10-22(11-13-23)15-17-6-8-18(9-7-17)25-5-2/h6-9,14H,4-5,10-13,15H2,1-3H3. The zero-order valence-electron chi connectivity index (χ0n) is 16.0. The van der Waals surface area contributed by atoms with Gasteiger partial charge in [-0.3, -0.25) is 9.69 Å². The summed E-state index contributed by atoms with van der Waals surface area (Å²) in [4.78, 5) is 19.4. The predicted molar refractivity (Wildman–Crippen MR) is 107 cm³/mol. The minimum Gasteiger partial charge on any atom is -0.494 e. The highest BCUT2D eigenvalue weighted by atomic mass is 32.1. The van der Waals surface area contributed by atoms with Crippen LogP contribution in [0.15, 0.2) is 30.3 Å². The summed E-state index contributed by atoms with van der Waals surface area (Å²) in [7, 11) is 0. The molecule has 2 aromatic rings. The number of aryl methyl sites for hydroxylation is 2. The Labute approximate surface area is 160 Å². The highest BCUT2D eigenvalue weighted by molar-refractivity contribution is 7.14. The maximum Gasteiger partial charge on any atom is 0.264 e. The van der Waals surface area contributed by atoms with E-state index in [9.17, 15) is 4.79 Å². The molecule has 5 heteroatoms. The van der Waals surface area contributed by atoms with Crippen LogP contribution in [0.4, 0.5) is 0 Å². The Morgan fingerprint density at radius 1 is 1.12 bits per heavy atom. The van der Waals surface area contributed by atoms with E-state index in [0.29, 0.717) is 6.61 Å². The Kier molecular flexibility index (Phi) is 6.33. The number of benzene rings is 1. The van der Waals surface area contributed by atoms with Crippen molar-refractivity contribution in [3.05, 3.63) is 51.2 Å². The summed E-state index contributed by atoms with van der Waals surface area (Å²) >= 11 is 1.65. The van der Waals surface area contributed by atoms with Crippen LogP contribution in [0.25, 0.3) is 0 Å². The molecule has 3 rings (SSSR count). The number of nitrogens with zero attached hydrogens (tertiary/aromatic N) is 2. The van der Waals surface area contributed by atoms with Crippen molar-refractivity contribution >= 4 is 17.2 Å². The van der Waals surface area contributed by atoms with Gasteiger partial charge in [0.2, 0.25) is 0 Å². The Hall–Kier alpha value is -1.85. The second-order valence-corrected chi connectivity index (χ2v) is 7.85. The lowest BCUT2D eigenvalue weighted by Gasteiger charge is -2.34. The summed E-state index contributed by atoms with van der Waals surface area (Å²) in [6.07, 6.45) is 1.000. The smallest absolute Gasteiger partial charge is 0.264 e. The van der Waals surface area contributed by atoms with Gasteiger partial charge in [-0.15, -0.1) is 11.3 Å². The van der Waals surface area contributed by atoms with Gasteiger partial charge in [-0.25, -0.2) is 0 Å². The van der Waals surface area contributed by atoms with E-state index < -0.39 is 0 Å². The van der Waals surface area contributed by atoms with E-state index >= 15 is 0 Å². The molecule has 0 saturated carbocycles. The van der Waals surface area contributed by atoms with Gasteiger partial charge in [0.15, 0.2) is 0 Å². The molecule has 1 saturated heterocycles. The first-order valence-electron chi connectivity index (χ1n) is 9.43. The van der Waals surface area contributed by atoms with Crippen LogP contribution in [-0.4, -0.2) is 48.5 Å². The summed E-state index contributed by atoms with van der Waals surface area (Å²) in [5.74, 6) is 1.11. The molecule has 0 atom stereocenters. The van der Waals surface area contributed by atoms with Gasteiger partial charge in [-0.05, 0) is 49.6 Å². The van der Waals surface area contributed by atoms with Crippen molar-refractivity contribution in [3.8, 4) is 5.75 Å². The van der Waals surface area contributed by atoms with Crippen LogP contribution in [0, 0.1) is 6.92 Å². The fourth-order valence-corrected chi connectivity index (χ4v) is 4.44. The number of amides is 1. The molecule has 26 heavy (non-hydrogen) atoms. The van der Waals surface area contributed by atoms with Gasteiger partial charge < -0.3 is 9.64 Å². The van der Waals surface area contributed by atoms with Crippen LogP contribution >= 0.6 is 11.3 Å². The molecule has 2 heterocycles. The van der Waals surface area contributed by atoms with E-state index in [-0.39, 0.29) is 5.91 Å². The second-order valence-electron chi connectivity index (χ2n) is 6.72. The Bertz CT molecular complexity index is 731. The fourth-order valence-electron chi connectivity index (χ4n) is 3.36. The maximum atomic E-state index is 12.7. The third-order valence-corrected chi connectivity index (χ3v) is 6.22. The molecule has 0 radical (unpaired) electrons. The van der Waals surface area contributed by atoms with Crippen LogP contribution in [-0.2, 0) is 13.0 Å². The molecule has 0 spiro atoms. The monoisotopic (exact) mass is 372 g/mol. The van der Waals surface area contributed by atoms with Gasteiger partial charge in [0.1, 0.15) is 5.75 Å². The maximum absolute atomic E-state index is 12.7. The Morgan fingerprint density at radius 3 is 2.38 bits per heavy atom. The van der Waals surface area contributed by atoms with Gasteiger partial charge in [0, 0.05) is 37.6 Å². The summed E-state index contributed by atoms with van der Waals surface area (Å²) < 4.78 is 5.49. The molecule has 1 fully saturated rings. The lowest BCUT2D eigenvalue weighted by atomic mass is 10.2. The summed E-state index contributed by atoms with van der Waals surface area (Å²) in [5, 5.41) is 0. The summed E-state index contributed by atoms with van der Waals surface area (Å²) in [6, 6.07) is 10.4. The van der Waals surface area contributed by atoms with Crippen molar-refractivity contribution in [3.63, 3.8) is 0 Å². The van der Waals surface area contributed by atoms with E-state index in [1.807, 2.05) is 24.0 Å². The zero-order chi connectivity index (χ0) is 18.5. The van der Waals surface area contributed by atoms with Gasteiger partial charge in [-0.1, -0.05) is 19.1 Å². The largest absolute Gasteiger partial charge is 0.494 e. The predicted octanol–water partition coefficient (Wildman–Crippen LogP) is 3.98. The third-order valence-electron chi connectivity index (χ3n) is 4.85. The normalized spacial score (nSPS) is 15.3. The first-order valence-corrected chi connectivity index (χ1v) is 10.2. The molecular weight excluding hydrogens is 344 g/mol. The summed E-state index contributed by atoms with van der Waals surface area (Å²) in [5.41, 5.74) is 2.53. The Morgan fingerprint density at radius 2 is 1.81 bits per heavy atom. The molecule has 0 unspecified atom stereocenters. The molecule has 1 aromatic heterocycles. The van der Waals surface area contributed by atoms with Crippen molar-refractivity contribution in [1.29, 1.82) is 0 Å². The molecule has 0 N–H and O–H groups in total. The number of hydrogen-bond donors (Lipinski definition) is 0. The third kappa shape index (κ3) is 4.46. The molecule has 4 nitrogen and oxygen atoms in total. The van der Waals surface area contributed by atoms with Gasteiger partial charge in [0.25, 0.3) is 5.91 Å². The number of carbonyl (C=O) groups is 1. The molecule has 1 aromatic carbocycles. The number of carbonyl (C=O) groups excluding carboxylic acids is 1. The first-order chi connectivity index (χ1) is 12.6. The van der Waals surface area contributed by atoms with E-state index in [2.05, 4.69) is 36.9 Å². The average molecular weight is 373 g/mol. The minimum absolute atomic E-state index is 0.193. The molecule has 1 amide bonds. The number of rotatable bonds is 6. The molecular formula is C21H28N2O2S. The fraction of sp³-hybridized carbons (Fsp3) is 0.476. The minimum atomic E-state index is 0.193. The molecule has 0 bridgehead atoms. The topological polar surface area (TPSA) is 32.8 Å². The summed E-state index contributed by atoms with van der Waals surface area (Å²) in [6.45, 7) is 11.3. The van der Waals surface area contributed by atoms with Crippen LogP contribution in [0.1, 0.15) is 39.5 Å².